The van der Waals surface area contributed by atoms with Crippen LogP contribution < -0.4 is 0 Å². The number of Topliss-reactive ketones (excluding diaryl/α,β-unsaturated/α-hetero) is 1. The minimum absolute atomic E-state index is 0.165. The number of nitrogens with zero attached hydrogens (tertiary/aromatic N) is 2. The quantitative estimate of drug-likeness (QED) is 0.282. The van der Waals surface area contributed by atoms with Crippen molar-refractivity contribution in [2.24, 2.45) is 0 Å². The first-order valence-corrected chi connectivity index (χ1v) is 5.98. The van der Waals surface area contributed by atoms with Crippen LogP contribution in [0.15, 0.2) is 46.6 Å². The van der Waals surface area contributed by atoms with Crippen molar-refractivity contribution in [3.63, 3.8) is 0 Å². The number of nitro groups is 1. The lowest BCUT2D eigenvalue weighted by Gasteiger charge is -1.99. The van der Waals surface area contributed by atoms with Crippen molar-refractivity contribution in [3.05, 3.63) is 69.2 Å². The second-order valence-electron chi connectivity index (χ2n) is 4.21. The molecule has 21 heavy (non-hydrogen) atoms. The van der Waals surface area contributed by atoms with E-state index < -0.39 is 10.7 Å². The van der Waals surface area contributed by atoms with Gasteiger partial charge in [-0.15, -0.1) is 0 Å². The molecule has 0 spiro atoms. The maximum absolute atomic E-state index is 12.2. The fraction of sp³-hybridized carbons (Fsp3) is 0.0667. The standard InChI is InChI=1S/C15H10N2O4/c1-10-13(6-7-21-10)15(18)12(9-16)8-11-4-2-3-5-14(11)17(19)20/h2-8H,1H3/b12-8+. The molecule has 0 saturated carbocycles. The molecule has 6 nitrogen and oxygen atoms in total. The van der Waals surface area contributed by atoms with E-state index >= 15 is 0 Å². The number of furan rings is 1. The number of nitro benzene ring substituents is 1. The first-order chi connectivity index (χ1) is 10.0. The van der Waals surface area contributed by atoms with E-state index in [-0.39, 0.29) is 22.4 Å². The summed E-state index contributed by atoms with van der Waals surface area (Å²) in [5.41, 5.74) is 0.116. The van der Waals surface area contributed by atoms with Gasteiger partial charge in [0.2, 0.25) is 5.78 Å². The Balaban J connectivity index is 2.48. The minimum atomic E-state index is -0.561. The first kappa shape index (κ1) is 14.2. The number of ketones is 1. The third-order valence-electron chi connectivity index (χ3n) is 2.90. The zero-order valence-corrected chi connectivity index (χ0v) is 11.1. The van der Waals surface area contributed by atoms with Crippen LogP contribution in [0.5, 0.6) is 0 Å². The molecule has 1 heterocycles. The lowest BCUT2D eigenvalue weighted by Crippen LogP contribution is -2.02. The van der Waals surface area contributed by atoms with E-state index in [9.17, 15) is 14.9 Å². The summed E-state index contributed by atoms with van der Waals surface area (Å²) in [4.78, 5) is 22.6. The number of carbonyl (C=O) groups excluding carboxylic acids is 1. The zero-order valence-electron chi connectivity index (χ0n) is 11.1. The molecule has 0 aliphatic rings. The Morgan fingerprint density at radius 3 is 2.67 bits per heavy atom. The number of carbonyl (C=O) groups is 1. The van der Waals surface area contributed by atoms with Gasteiger partial charge in [0.25, 0.3) is 5.69 Å². The van der Waals surface area contributed by atoms with Crippen molar-refractivity contribution in [3.8, 4) is 6.07 Å². The highest BCUT2D eigenvalue weighted by atomic mass is 16.6. The summed E-state index contributed by atoms with van der Waals surface area (Å²) in [5, 5.41) is 20.1. The molecule has 0 bridgehead atoms. The molecule has 6 heteroatoms. The minimum Gasteiger partial charge on any atom is -0.469 e. The van der Waals surface area contributed by atoms with Gasteiger partial charge in [-0.05, 0) is 25.1 Å². The number of aryl methyl sites for hydroxylation is 1. The van der Waals surface area contributed by atoms with Gasteiger partial charge in [-0.25, -0.2) is 0 Å². The fourth-order valence-electron chi connectivity index (χ4n) is 1.85. The third kappa shape index (κ3) is 2.87. The zero-order chi connectivity index (χ0) is 15.4. The Morgan fingerprint density at radius 2 is 2.10 bits per heavy atom. The summed E-state index contributed by atoms with van der Waals surface area (Å²) < 4.78 is 5.03. The van der Waals surface area contributed by atoms with Crippen LogP contribution in [0.25, 0.3) is 6.08 Å². The molecule has 1 aromatic carbocycles. The Kier molecular flexibility index (Phi) is 3.95. The summed E-state index contributed by atoms with van der Waals surface area (Å²) >= 11 is 0. The molecule has 0 amide bonds. The number of nitriles is 1. The van der Waals surface area contributed by atoms with Gasteiger partial charge in [-0.2, -0.15) is 5.26 Å². The normalized spacial score (nSPS) is 11.0. The molecule has 0 N–H and O–H groups in total. The van der Waals surface area contributed by atoms with Crippen LogP contribution in [0, 0.1) is 28.4 Å². The number of hydrogen-bond acceptors (Lipinski definition) is 5. The van der Waals surface area contributed by atoms with Crippen molar-refractivity contribution >= 4 is 17.5 Å². The summed E-state index contributed by atoms with van der Waals surface area (Å²) in [6.45, 7) is 1.60. The summed E-state index contributed by atoms with van der Waals surface area (Å²) in [6.07, 6.45) is 2.56. The van der Waals surface area contributed by atoms with E-state index in [1.54, 1.807) is 19.1 Å². The lowest BCUT2D eigenvalue weighted by molar-refractivity contribution is -0.385. The maximum atomic E-state index is 12.2. The SMILES string of the molecule is Cc1occc1C(=O)/C(C#N)=C/c1ccccc1[N+](=O)[O-]. The van der Waals surface area contributed by atoms with Gasteiger partial charge in [0, 0.05) is 6.07 Å². The third-order valence-corrected chi connectivity index (χ3v) is 2.90. The Labute approximate surface area is 120 Å². The van der Waals surface area contributed by atoms with Crippen LogP contribution in [-0.2, 0) is 0 Å². The number of hydrogen-bond donors (Lipinski definition) is 0. The van der Waals surface area contributed by atoms with Crippen LogP contribution in [0.2, 0.25) is 0 Å². The second kappa shape index (κ2) is 5.84. The van der Waals surface area contributed by atoms with E-state index in [0.717, 1.165) is 0 Å². The van der Waals surface area contributed by atoms with Gasteiger partial charge in [0.05, 0.1) is 22.3 Å². The topological polar surface area (TPSA) is 97.1 Å². The van der Waals surface area contributed by atoms with Gasteiger partial charge in [-0.3, -0.25) is 14.9 Å². The molecule has 0 fully saturated rings. The molecular weight excluding hydrogens is 272 g/mol. The summed E-state index contributed by atoms with van der Waals surface area (Å²) in [6, 6.07) is 9.15. The molecule has 2 rings (SSSR count). The monoisotopic (exact) mass is 282 g/mol. The predicted octanol–water partition coefficient (Wildman–Crippen LogP) is 3.29. The smallest absolute Gasteiger partial charge is 0.276 e. The molecule has 0 aliphatic heterocycles. The van der Waals surface area contributed by atoms with Crippen LogP contribution in [0.4, 0.5) is 5.69 Å². The molecule has 0 unspecified atom stereocenters. The van der Waals surface area contributed by atoms with Crippen LogP contribution in [-0.4, -0.2) is 10.7 Å². The second-order valence-corrected chi connectivity index (χ2v) is 4.21. The Hall–Kier alpha value is -3.20. The Morgan fingerprint density at radius 1 is 1.38 bits per heavy atom. The van der Waals surface area contributed by atoms with Gasteiger partial charge in [-0.1, -0.05) is 12.1 Å². The van der Waals surface area contributed by atoms with E-state index in [2.05, 4.69) is 0 Å². The molecule has 0 radical (unpaired) electrons. The highest BCUT2D eigenvalue weighted by Gasteiger charge is 2.18. The number of benzene rings is 1. The highest BCUT2D eigenvalue weighted by Crippen LogP contribution is 2.22. The molecule has 0 aliphatic carbocycles. The number of para-hydroxylation sites is 1. The molecule has 2 aromatic rings. The highest BCUT2D eigenvalue weighted by molar-refractivity contribution is 6.14. The van der Waals surface area contributed by atoms with Crippen LogP contribution in [0.1, 0.15) is 21.7 Å². The first-order valence-electron chi connectivity index (χ1n) is 5.98. The van der Waals surface area contributed by atoms with Gasteiger partial charge in [0.15, 0.2) is 0 Å². The van der Waals surface area contributed by atoms with E-state index in [1.807, 2.05) is 0 Å². The molecular formula is C15H10N2O4. The van der Waals surface area contributed by atoms with Crippen molar-refractivity contribution in [2.75, 3.05) is 0 Å². The average molecular weight is 282 g/mol. The van der Waals surface area contributed by atoms with Crippen LogP contribution >= 0.6 is 0 Å². The fourth-order valence-corrected chi connectivity index (χ4v) is 1.85. The molecule has 0 atom stereocenters. The lowest BCUT2D eigenvalue weighted by atomic mass is 10.0. The van der Waals surface area contributed by atoms with Gasteiger partial charge >= 0.3 is 0 Å². The number of rotatable bonds is 4. The molecule has 0 saturated heterocycles. The average Bonchev–Trinajstić information content (AvgIpc) is 2.90. The van der Waals surface area contributed by atoms with Crippen molar-refractivity contribution in [1.29, 1.82) is 5.26 Å². The summed E-state index contributed by atoms with van der Waals surface area (Å²) in [7, 11) is 0. The number of allylic oxidation sites excluding steroid dienone is 1. The van der Waals surface area contributed by atoms with Crippen LogP contribution in [0.3, 0.4) is 0 Å². The Bertz CT molecular complexity index is 781. The van der Waals surface area contributed by atoms with Crippen molar-refractivity contribution in [1.82, 2.24) is 0 Å². The van der Waals surface area contributed by atoms with Gasteiger partial charge < -0.3 is 4.42 Å². The van der Waals surface area contributed by atoms with Crippen molar-refractivity contribution < 1.29 is 14.1 Å². The van der Waals surface area contributed by atoms with Gasteiger partial charge in [0.1, 0.15) is 17.4 Å². The summed E-state index contributed by atoms with van der Waals surface area (Å²) in [5.74, 6) is -0.134. The van der Waals surface area contributed by atoms with E-state index in [1.165, 1.54) is 36.6 Å². The van der Waals surface area contributed by atoms with E-state index in [0.29, 0.717) is 5.76 Å². The molecule has 1 aromatic heterocycles. The van der Waals surface area contributed by atoms with Crippen molar-refractivity contribution in [2.45, 2.75) is 6.92 Å². The predicted molar refractivity (Wildman–Crippen MR) is 74.5 cm³/mol. The molecule has 104 valence electrons. The largest absolute Gasteiger partial charge is 0.469 e. The maximum Gasteiger partial charge on any atom is 0.276 e. The van der Waals surface area contributed by atoms with E-state index in [4.69, 9.17) is 9.68 Å².